The first-order valence-corrected chi connectivity index (χ1v) is 7.44. The Morgan fingerprint density at radius 2 is 2.05 bits per heavy atom. The highest BCUT2D eigenvalue weighted by Crippen LogP contribution is 2.44. The zero-order valence-corrected chi connectivity index (χ0v) is 12.1. The van der Waals surface area contributed by atoms with Crippen LogP contribution in [-0.4, -0.2) is 23.1 Å². The van der Waals surface area contributed by atoms with Gasteiger partial charge in [-0.15, -0.1) is 0 Å². The van der Waals surface area contributed by atoms with Gasteiger partial charge >= 0.3 is 12.0 Å². The van der Waals surface area contributed by atoms with Gasteiger partial charge in [0.05, 0.1) is 5.56 Å². The first kappa shape index (κ1) is 13.9. The number of fused-ring (bicyclic) bond motifs is 2. The summed E-state index contributed by atoms with van der Waals surface area (Å²) in [5, 5.41) is 14.8. The first-order valence-electron chi connectivity index (χ1n) is 7.44. The molecule has 2 bridgehead atoms. The van der Waals surface area contributed by atoms with E-state index in [-0.39, 0.29) is 17.6 Å². The van der Waals surface area contributed by atoms with Crippen LogP contribution in [-0.2, 0) is 0 Å². The summed E-state index contributed by atoms with van der Waals surface area (Å²) in [4.78, 5) is 23.1. The number of hydrogen-bond acceptors (Lipinski definition) is 2. The van der Waals surface area contributed by atoms with Crippen LogP contribution in [0.15, 0.2) is 18.2 Å². The number of carbonyl (C=O) groups excluding carboxylic acids is 1. The molecule has 2 fully saturated rings. The van der Waals surface area contributed by atoms with Crippen molar-refractivity contribution in [2.45, 2.75) is 38.6 Å². The van der Waals surface area contributed by atoms with Crippen molar-refractivity contribution >= 4 is 17.7 Å². The Labute approximate surface area is 123 Å². The number of rotatable bonds is 3. The number of anilines is 1. The summed E-state index contributed by atoms with van der Waals surface area (Å²) in [5.41, 5.74) is 1.58. The molecular weight excluding hydrogens is 268 g/mol. The SMILES string of the molecule is Cc1ccc(C(=O)O)cc1NC(=O)NC1CC2CCC1C2. The molecule has 0 heterocycles. The molecule has 1 aromatic carbocycles. The molecule has 0 saturated heterocycles. The number of nitrogens with one attached hydrogen (secondary N) is 2. The van der Waals surface area contributed by atoms with Crippen molar-refractivity contribution in [3.8, 4) is 0 Å². The summed E-state index contributed by atoms with van der Waals surface area (Å²) >= 11 is 0. The lowest BCUT2D eigenvalue weighted by Crippen LogP contribution is -2.41. The second-order valence-electron chi connectivity index (χ2n) is 6.21. The molecule has 5 heteroatoms. The van der Waals surface area contributed by atoms with Gasteiger partial charge in [-0.25, -0.2) is 9.59 Å². The number of aryl methyl sites for hydroxylation is 1. The third-order valence-electron chi connectivity index (χ3n) is 4.79. The van der Waals surface area contributed by atoms with E-state index in [2.05, 4.69) is 10.6 Å². The quantitative estimate of drug-likeness (QED) is 0.800. The van der Waals surface area contributed by atoms with Crippen LogP contribution in [0.4, 0.5) is 10.5 Å². The van der Waals surface area contributed by atoms with Gasteiger partial charge in [-0.2, -0.15) is 0 Å². The van der Waals surface area contributed by atoms with Gasteiger partial charge in [0.1, 0.15) is 0 Å². The molecule has 2 amide bonds. The summed E-state index contributed by atoms with van der Waals surface area (Å²) < 4.78 is 0. The highest BCUT2D eigenvalue weighted by atomic mass is 16.4. The van der Waals surface area contributed by atoms with Crippen molar-refractivity contribution in [2.24, 2.45) is 11.8 Å². The number of carboxylic acids is 1. The van der Waals surface area contributed by atoms with Gasteiger partial charge < -0.3 is 15.7 Å². The van der Waals surface area contributed by atoms with Crippen molar-refractivity contribution < 1.29 is 14.7 Å². The van der Waals surface area contributed by atoms with Crippen LogP contribution in [0.5, 0.6) is 0 Å². The lowest BCUT2D eigenvalue weighted by molar-refractivity contribution is 0.0697. The Morgan fingerprint density at radius 1 is 1.24 bits per heavy atom. The second-order valence-corrected chi connectivity index (χ2v) is 6.21. The molecule has 3 rings (SSSR count). The fourth-order valence-electron chi connectivity index (χ4n) is 3.64. The van der Waals surface area contributed by atoms with Crippen LogP contribution < -0.4 is 10.6 Å². The molecule has 0 aliphatic heterocycles. The smallest absolute Gasteiger partial charge is 0.335 e. The van der Waals surface area contributed by atoms with Crippen molar-refractivity contribution in [1.29, 1.82) is 0 Å². The lowest BCUT2D eigenvalue weighted by atomic mass is 9.95. The van der Waals surface area contributed by atoms with Crippen LogP contribution in [0.1, 0.15) is 41.6 Å². The van der Waals surface area contributed by atoms with Gasteiger partial charge in [-0.05, 0) is 55.7 Å². The number of urea groups is 1. The molecule has 2 saturated carbocycles. The Kier molecular flexibility index (Phi) is 3.57. The van der Waals surface area contributed by atoms with Gasteiger partial charge in [0.25, 0.3) is 0 Å². The van der Waals surface area contributed by atoms with Crippen LogP contribution in [0.2, 0.25) is 0 Å². The maximum atomic E-state index is 12.1. The van der Waals surface area contributed by atoms with Crippen LogP contribution >= 0.6 is 0 Å². The maximum absolute atomic E-state index is 12.1. The summed E-state index contributed by atoms with van der Waals surface area (Å²) in [6.07, 6.45) is 4.82. The molecule has 1 aromatic rings. The number of amides is 2. The molecule has 0 spiro atoms. The lowest BCUT2D eigenvalue weighted by Gasteiger charge is -2.23. The number of benzene rings is 1. The van der Waals surface area contributed by atoms with Crippen molar-refractivity contribution in [2.75, 3.05) is 5.32 Å². The predicted octanol–water partition coefficient (Wildman–Crippen LogP) is 3.00. The van der Waals surface area contributed by atoms with E-state index >= 15 is 0 Å². The maximum Gasteiger partial charge on any atom is 0.335 e. The molecule has 0 aromatic heterocycles. The highest BCUT2D eigenvalue weighted by Gasteiger charge is 2.40. The zero-order chi connectivity index (χ0) is 15.0. The first-order chi connectivity index (χ1) is 10.0. The van der Waals surface area contributed by atoms with E-state index in [0.29, 0.717) is 11.6 Å². The number of carboxylic acid groups (broad SMARTS) is 1. The third-order valence-corrected chi connectivity index (χ3v) is 4.79. The van der Waals surface area contributed by atoms with Crippen LogP contribution in [0, 0.1) is 18.8 Å². The third kappa shape index (κ3) is 2.86. The van der Waals surface area contributed by atoms with E-state index in [1.54, 1.807) is 6.07 Å². The average Bonchev–Trinajstić information content (AvgIpc) is 3.03. The summed E-state index contributed by atoms with van der Waals surface area (Å²) in [7, 11) is 0. The summed E-state index contributed by atoms with van der Waals surface area (Å²) in [6, 6.07) is 4.77. The normalized spacial score (nSPS) is 26.6. The van der Waals surface area contributed by atoms with Gasteiger partial charge in [-0.1, -0.05) is 12.5 Å². The summed E-state index contributed by atoms with van der Waals surface area (Å²) in [5.74, 6) is 0.399. The number of hydrogen-bond donors (Lipinski definition) is 3. The second kappa shape index (κ2) is 5.39. The van der Waals surface area contributed by atoms with Crippen molar-refractivity contribution in [3.05, 3.63) is 29.3 Å². The molecule has 2 aliphatic rings. The minimum atomic E-state index is -0.994. The topological polar surface area (TPSA) is 78.4 Å². The Hall–Kier alpha value is -2.04. The average molecular weight is 288 g/mol. The van der Waals surface area contributed by atoms with E-state index < -0.39 is 5.97 Å². The van der Waals surface area contributed by atoms with Gasteiger partial charge in [0, 0.05) is 11.7 Å². The molecule has 0 radical (unpaired) electrons. The molecule has 3 N–H and O–H groups in total. The van der Waals surface area contributed by atoms with E-state index in [0.717, 1.165) is 17.9 Å². The standard InChI is InChI=1S/C16H20N2O3/c1-9-2-4-12(15(19)20)8-13(9)17-16(21)18-14-7-10-3-5-11(14)6-10/h2,4,8,10-11,14H,3,5-7H2,1H3,(H,19,20)(H2,17,18,21). The molecule has 3 unspecified atom stereocenters. The van der Waals surface area contributed by atoms with Crippen LogP contribution in [0.25, 0.3) is 0 Å². The van der Waals surface area contributed by atoms with E-state index in [1.807, 2.05) is 6.92 Å². The summed E-state index contributed by atoms with van der Waals surface area (Å²) in [6.45, 7) is 1.85. The van der Waals surface area contributed by atoms with Crippen LogP contribution in [0.3, 0.4) is 0 Å². The number of carbonyl (C=O) groups is 2. The van der Waals surface area contributed by atoms with Crippen molar-refractivity contribution in [1.82, 2.24) is 5.32 Å². The molecule has 112 valence electrons. The van der Waals surface area contributed by atoms with E-state index in [4.69, 9.17) is 5.11 Å². The fraction of sp³-hybridized carbons (Fsp3) is 0.500. The van der Waals surface area contributed by atoms with E-state index in [9.17, 15) is 9.59 Å². The van der Waals surface area contributed by atoms with Crippen molar-refractivity contribution in [3.63, 3.8) is 0 Å². The van der Waals surface area contributed by atoms with Gasteiger partial charge in [-0.3, -0.25) is 0 Å². The highest BCUT2D eigenvalue weighted by molar-refractivity contribution is 5.94. The fourth-order valence-corrected chi connectivity index (χ4v) is 3.64. The molecule has 21 heavy (non-hydrogen) atoms. The Bertz CT molecular complexity index is 585. The predicted molar refractivity (Wildman–Crippen MR) is 79.5 cm³/mol. The molecule has 3 atom stereocenters. The largest absolute Gasteiger partial charge is 0.478 e. The molecule has 2 aliphatic carbocycles. The minimum absolute atomic E-state index is 0.177. The number of aromatic carboxylic acids is 1. The van der Waals surface area contributed by atoms with Gasteiger partial charge in [0.15, 0.2) is 0 Å². The van der Waals surface area contributed by atoms with E-state index in [1.165, 1.54) is 31.4 Å². The molecule has 5 nitrogen and oxygen atoms in total. The van der Waals surface area contributed by atoms with Gasteiger partial charge in [0.2, 0.25) is 0 Å². The Morgan fingerprint density at radius 3 is 2.67 bits per heavy atom. The zero-order valence-electron chi connectivity index (χ0n) is 12.1. The minimum Gasteiger partial charge on any atom is -0.478 e. The monoisotopic (exact) mass is 288 g/mol. The Balaban J connectivity index is 1.64. The molecular formula is C16H20N2O3.